The molecule has 0 radical (unpaired) electrons. The number of piperidine rings is 1. The molecular weight excluding hydrogens is 367 g/mol. The van der Waals surface area contributed by atoms with E-state index in [-0.39, 0.29) is 33.7 Å². The number of carbonyl (C=O) groups excluding carboxylic acids is 2. The molecule has 1 saturated heterocycles. The Morgan fingerprint density at radius 1 is 1.48 bits per heavy atom. The van der Waals surface area contributed by atoms with Crippen LogP contribution in [-0.4, -0.2) is 31.0 Å². The Kier molecular flexibility index (Phi) is 3.86. The standard InChI is InChI=1S/C16H18BrFN2O3/c1-15-5-6-16(7-15,20-14(15)22)8-19-13(21)11-10(23-2)4-3-9(17)12(11)18/h3-4H,5-8H2,1-2H3,(H,19,21)(H,20,22). The van der Waals surface area contributed by atoms with E-state index in [4.69, 9.17) is 4.74 Å². The largest absolute Gasteiger partial charge is 0.496 e. The highest BCUT2D eigenvalue weighted by molar-refractivity contribution is 9.10. The van der Waals surface area contributed by atoms with E-state index in [2.05, 4.69) is 26.6 Å². The molecule has 0 aromatic heterocycles. The van der Waals surface area contributed by atoms with Crippen molar-refractivity contribution in [2.24, 2.45) is 5.41 Å². The molecule has 2 atom stereocenters. The maximum absolute atomic E-state index is 14.3. The fraction of sp³-hybridized carbons (Fsp3) is 0.500. The summed E-state index contributed by atoms with van der Waals surface area (Å²) in [5, 5.41) is 5.73. The summed E-state index contributed by atoms with van der Waals surface area (Å²) in [6.07, 6.45) is 2.31. The molecule has 23 heavy (non-hydrogen) atoms. The van der Waals surface area contributed by atoms with Crippen molar-refractivity contribution in [2.75, 3.05) is 13.7 Å². The number of amides is 2. The molecule has 124 valence electrons. The topological polar surface area (TPSA) is 67.4 Å². The summed E-state index contributed by atoms with van der Waals surface area (Å²) in [5.41, 5.74) is -0.899. The molecule has 1 aliphatic heterocycles. The first-order chi connectivity index (χ1) is 10.8. The van der Waals surface area contributed by atoms with Crippen LogP contribution in [0.1, 0.15) is 36.5 Å². The minimum atomic E-state index is -0.661. The van der Waals surface area contributed by atoms with Gasteiger partial charge in [-0.25, -0.2) is 4.39 Å². The molecule has 2 fully saturated rings. The van der Waals surface area contributed by atoms with Gasteiger partial charge in [0.05, 0.1) is 17.1 Å². The van der Waals surface area contributed by atoms with Gasteiger partial charge in [-0.15, -0.1) is 0 Å². The molecule has 2 aliphatic rings. The van der Waals surface area contributed by atoms with Crippen LogP contribution in [0.5, 0.6) is 5.75 Å². The molecule has 2 amide bonds. The molecule has 1 aliphatic carbocycles. The highest BCUT2D eigenvalue weighted by atomic mass is 79.9. The number of halogens is 2. The number of hydrogen-bond acceptors (Lipinski definition) is 3. The Hall–Kier alpha value is -1.63. The second kappa shape index (κ2) is 5.47. The average Bonchev–Trinajstić information content (AvgIpc) is 2.98. The van der Waals surface area contributed by atoms with Crippen LogP contribution in [0, 0.1) is 11.2 Å². The lowest BCUT2D eigenvalue weighted by molar-refractivity contribution is -0.128. The number of rotatable bonds is 4. The summed E-state index contributed by atoms with van der Waals surface area (Å²) in [7, 11) is 1.39. The van der Waals surface area contributed by atoms with Gasteiger partial charge in [-0.05, 0) is 47.3 Å². The fourth-order valence-electron chi connectivity index (χ4n) is 3.58. The first-order valence-electron chi connectivity index (χ1n) is 7.43. The quantitative estimate of drug-likeness (QED) is 0.837. The van der Waals surface area contributed by atoms with Crippen molar-refractivity contribution in [3.05, 3.63) is 28.0 Å². The van der Waals surface area contributed by atoms with Gasteiger partial charge >= 0.3 is 0 Å². The van der Waals surface area contributed by atoms with E-state index in [0.717, 1.165) is 12.8 Å². The van der Waals surface area contributed by atoms with Crippen molar-refractivity contribution < 1.29 is 18.7 Å². The van der Waals surface area contributed by atoms with Crippen LogP contribution in [0.3, 0.4) is 0 Å². The lowest BCUT2D eigenvalue weighted by Gasteiger charge is -2.28. The third kappa shape index (κ3) is 2.60. The molecular formula is C16H18BrFN2O3. The molecule has 2 bridgehead atoms. The second-order valence-electron chi connectivity index (χ2n) is 6.59. The molecule has 1 saturated carbocycles. The first kappa shape index (κ1) is 16.2. The van der Waals surface area contributed by atoms with Crippen LogP contribution < -0.4 is 15.4 Å². The van der Waals surface area contributed by atoms with Crippen molar-refractivity contribution >= 4 is 27.7 Å². The van der Waals surface area contributed by atoms with E-state index in [9.17, 15) is 14.0 Å². The lowest BCUT2D eigenvalue weighted by atomic mass is 9.89. The number of ether oxygens (including phenoxy) is 1. The zero-order valence-corrected chi connectivity index (χ0v) is 14.5. The molecule has 1 heterocycles. The Bertz CT molecular complexity index is 696. The number of nitrogens with one attached hydrogen (secondary N) is 2. The smallest absolute Gasteiger partial charge is 0.258 e. The van der Waals surface area contributed by atoms with Crippen LogP contribution in [0.15, 0.2) is 16.6 Å². The van der Waals surface area contributed by atoms with E-state index in [1.165, 1.54) is 19.2 Å². The minimum absolute atomic E-state index is 0.0317. The monoisotopic (exact) mass is 384 g/mol. The van der Waals surface area contributed by atoms with Gasteiger partial charge in [0.25, 0.3) is 5.91 Å². The molecule has 7 heteroatoms. The SMILES string of the molecule is COc1ccc(Br)c(F)c1C(=O)NCC12CCC(C)(C1)C(=O)N2. The Morgan fingerprint density at radius 3 is 2.78 bits per heavy atom. The van der Waals surface area contributed by atoms with Gasteiger partial charge in [-0.3, -0.25) is 9.59 Å². The van der Waals surface area contributed by atoms with Gasteiger partial charge in [0.2, 0.25) is 5.91 Å². The zero-order chi connectivity index (χ0) is 16.8. The summed E-state index contributed by atoms with van der Waals surface area (Å²) in [6, 6.07) is 3.02. The summed E-state index contributed by atoms with van der Waals surface area (Å²) in [5.74, 6) is -1.01. The average molecular weight is 385 g/mol. The van der Waals surface area contributed by atoms with E-state index < -0.39 is 17.3 Å². The molecule has 5 nitrogen and oxygen atoms in total. The van der Waals surface area contributed by atoms with Crippen LogP contribution in [-0.2, 0) is 4.79 Å². The van der Waals surface area contributed by atoms with Crippen LogP contribution in [0.25, 0.3) is 0 Å². The van der Waals surface area contributed by atoms with Crippen molar-refractivity contribution in [1.82, 2.24) is 10.6 Å². The summed E-state index contributed by atoms with van der Waals surface area (Å²) >= 11 is 3.07. The Balaban J connectivity index is 1.77. The normalized spacial score (nSPS) is 28.6. The third-order valence-electron chi connectivity index (χ3n) is 4.90. The molecule has 3 rings (SSSR count). The van der Waals surface area contributed by atoms with Crippen molar-refractivity contribution in [1.29, 1.82) is 0 Å². The maximum Gasteiger partial charge on any atom is 0.258 e. The highest BCUT2D eigenvalue weighted by Gasteiger charge is 2.57. The summed E-state index contributed by atoms with van der Waals surface area (Å²) in [6.45, 7) is 2.22. The van der Waals surface area contributed by atoms with Gasteiger partial charge in [0.15, 0.2) is 5.82 Å². The van der Waals surface area contributed by atoms with Crippen LogP contribution >= 0.6 is 15.9 Å². The van der Waals surface area contributed by atoms with Gasteiger partial charge in [-0.2, -0.15) is 0 Å². The number of hydrogen-bond donors (Lipinski definition) is 2. The predicted octanol–water partition coefficient (Wildman–Crippen LogP) is 2.39. The van der Waals surface area contributed by atoms with E-state index in [1.54, 1.807) is 0 Å². The van der Waals surface area contributed by atoms with Crippen molar-refractivity contribution in [3.63, 3.8) is 0 Å². The summed E-state index contributed by atoms with van der Waals surface area (Å²) < 4.78 is 19.5. The van der Waals surface area contributed by atoms with Crippen molar-refractivity contribution in [3.8, 4) is 5.75 Å². The Labute approximate surface area is 142 Å². The van der Waals surface area contributed by atoms with Crippen LogP contribution in [0.2, 0.25) is 0 Å². The molecule has 2 N–H and O–H groups in total. The number of methoxy groups -OCH3 is 1. The van der Waals surface area contributed by atoms with Crippen LogP contribution in [0.4, 0.5) is 4.39 Å². The summed E-state index contributed by atoms with van der Waals surface area (Å²) in [4.78, 5) is 24.4. The number of carbonyl (C=O) groups is 2. The Morgan fingerprint density at radius 2 is 2.22 bits per heavy atom. The molecule has 0 spiro atoms. The van der Waals surface area contributed by atoms with E-state index in [1.807, 2.05) is 6.92 Å². The molecule has 1 aromatic rings. The van der Waals surface area contributed by atoms with Crippen molar-refractivity contribution in [2.45, 2.75) is 31.7 Å². The lowest BCUT2D eigenvalue weighted by Crippen LogP contribution is -2.51. The first-order valence-corrected chi connectivity index (χ1v) is 8.22. The number of fused-ring (bicyclic) bond motifs is 2. The highest BCUT2D eigenvalue weighted by Crippen LogP contribution is 2.49. The number of benzene rings is 1. The van der Waals surface area contributed by atoms with E-state index in [0.29, 0.717) is 6.42 Å². The van der Waals surface area contributed by atoms with Gasteiger partial charge < -0.3 is 15.4 Å². The van der Waals surface area contributed by atoms with Gasteiger partial charge in [0, 0.05) is 12.0 Å². The predicted molar refractivity (Wildman–Crippen MR) is 85.8 cm³/mol. The zero-order valence-electron chi connectivity index (χ0n) is 13.0. The maximum atomic E-state index is 14.3. The second-order valence-corrected chi connectivity index (χ2v) is 7.45. The fourth-order valence-corrected chi connectivity index (χ4v) is 3.91. The van der Waals surface area contributed by atoms with E-state index >= 15 is 0 Å². The third-order valence-corrected chi connectivity index (χ3v) is 5.51. The van der Waals surface area contributed by atoms with Gasteiger partial charge in [0.1, 0.15) is 11.3 Å². The van der Waals surface area contributed by atoms with Gasteiger partial charge in [-0.1, -0.05) is 6.92 Å². The molecule has 1 aromatic carbocycles. The minimum Gasteiger partial charge on any atom is -0.496 e. The molecule has 2 unspecified atom stereocenters.